The molecule has 1 aromatic carbocycles. The zero-order valence-electron chi connectivity index (χ0n) is 14.2. The Morgan fingerprint density at radius 2 is 1.79 bits per heavy atom. The standard InChI is InChI=1S/C17H21N3O4/c1-11(2)10-24-13-7-5-12(6-8-13)18-15(21)14-9-19(3)17(23)20(4)16(14)22/h5-9,11H,10H2,1-4H3,(H,18,21). The highest BCUT2D eigenvalue weighted by atomic mass is 16.5. The van der Waals surface area contributed by atoms with Gasteiger partial charge in [0.25, 0.3) is 11.5 Å². The van der Waals surface area contributed by atoms with Gasteiger partial charge >= 0.3 is 5.69 Å². The molecule has 0 atom stereocenters. The molecule has 1 N–H and O–H groups in total. The van der Waals surface area contributed by atoms with Gasteiger partial charge in [-0.25, -0.2) is 4.79 Å². The molecule has 0 fully saturated rings. The lowest BCUT2D eigenvalue weighted by Crippen LogP contribution is -2.40. The summed E-state index contributed by atoms with van der Waals surface area (Å²) in [6.45, 7) is 4.73. The second kappa shape index (κ2) is 7.16. The molecule has 7 heteroatoms. The van der Waals surface area contributed by atoms with Crippen LogP contribution in [0.25, 0.3) is 0 Å². The molecule has 1 aromatic heterocycles. The van der Waals surface area contributed by atoms with Crippen LogP contribution < -0.4 is 21.3 Å². The molecule has 128 valence electrons. The maximum Gasteiger partial charge on any atom is 0.330 e. The fourth-order valence-electron chi connectivity index (χ4n) is 2.06. The van der Waals surface area contributed by atoms with Crippen LogP contribution in [0.15, 0.2) is 40.1 Å². The second-order valence-corrected chi connectivity index (χ2v) is 5.98. The molecular weight excluding hydrogens is 310 g/mol. The molecule has 0 aliphatic rings. The average molecular weight is 331 g/mol. The normalized spacial score (nSPS) is 10.7. The summed E-state index contributed by atoms with van der Waals surface area (Å²) >= 11 is 0. The summed E-state index contributed by atoms with van der Waals surface area (Å²) in [5, 5.41) is 2.64. The number of hydrogen-bond acceptors (Lipinski definition) is 4. The Hall–Kier alpha value is -2.83. The van der Waals surface area contributed by atoms with Gasteiger partial charge in [-0.1, -0.05) is 13.8 Å². The number of ether oxygens (including phenoxy) is 1. The van der Waals surface area contributed by atoms with Crippen molar-refractivity contribution in [2.45, 2.75) is 13.8 Å². The summed E-state index contributed by atoms with van der Waals surface area (Å²) in [5.41, 5.74) is -0.678. The van der Waals surface area contributed by atoms with E-state index in [2.05, 4.69) is 19.2 Å². The van der Waals surface area contributed by atoms with Crippen molar-refractivity contribution < 1.29 is 9.53 Å². The molecule has 2 rings (SSSR count). The van der Waals surface area contributed by atoms with Crippen LogP contribution in [0.1, 0.15) is 24.2 Å². The lowest BCUT2D eigenvalue weighted by atomic mass is 10.2. The van der Waals surface area contributed by atoms with E-state index in [1.807, 2.05) is 0 Å². The van der Waals surface area contributed by atoms with Gasteiger partial charge in [-0.3, -0.25) is 14.2 Å². The smallest absolute Gasteiger partial charge is 0.330 e. The van der Waals surface area contributed by atoms with E-state index in [1.54, 1.807) is 24.3 Å². The van der Waals surface area contributed by atoms with Crippen molar-refractivity contribution in [2.24, 2.45) is 20.0 Å². The van der Waals surface area contributed by atoms with Gasteiger partial charge in [0.05, 0.1) is 6.61 Å². The molecular formula is C17H21N3O4. The Morgan fingerprint density at radius 3 is 2.38 bits per heavy atom. The molecule has 0 unspecified atom stereocenters. The zero-order chi connectivity index (χ0) is 17.9. The van der Waals surface area contributed by atoms with Crippen molar-refractivity contribution in [1.82, 2.24) is 9.13 Å². The molecule has 2 aromatic rings. The molecule has 0 spiro atoms. The molecule has 0 saturated carbocycles. The Morgan fingerprint density at radius 1 is 1.17 bits per heavy atom. The summed E-state index contributed by atoms with van der Waals surface area (Å²) in [6, 6.07) is 6.88. The fourth-order valence-corrected chi connectivity index (χ4v) is 2.06. The van der Waals surface area contributed by atoms with Crippen LogP contribution >= 0.6 is 0 Å². The number of carbonyl (C=O) groups excluding carboxylic acids is 1. The molecule has 0 radical (unpaired) electrons. The third-order valence-corrected chi connectivity index (χ3v) is 3.39. The number of benzene rings is 1. The van der Waals surface area contributed by atoms with E-state index in [4.69, 9.17) is 4.74 Å². The number of aromatic nitrogens is 2. The fraction of sp³-hybridized carbons (Fsp3) is 0.353. The van der Waals surface area contributed by atoms with Crippen molar-refractivity contribution in [3.63, 3.8) is 0 Å². The first-order valence-corrected chi connectivity index (χ1v) is 7.60. The van der Waals surface area contributed by atoms with Gasteiger partial charge in [0.15, 0.2) is 0 Å². The van der Waals surface area contributed by atoms with Gasteiger partial charge < -0.3 is 14.6 Å². The number of rotatable bonds is 5. The molecule has 0 aliphatic carbocycles. The lowest BCUT2D eigenvalue weighted by Gasteiger charge is -2.10. The number of hydrogen-bond donors (Lipinski definition) is 1. The minimum absolute atomic E-state index is 0.0975. The van der Waals surface area contributed by atoms with Crippen molar-refractivity contribution in [3.8, 4) is 5.75 Å². The molecule has 1 amide bonds. The maximum absolute atomic E-state index is 12.3. The Labute approximate surface area is 139 Å². The first kappa shape index (κ1) is 17.5. The minimum Gasteiger partial charge on any atom is -0.493 e. The van der Waals surface area contributed by atoms with Crippen LogP contribution in [0.2, 0.25) is 0 Å². The van der Waals surface area contributed by atoms with Crippen LogP contribution in [-0.2, 0) is 14.1 Å². The first-order valence-electron chi connectivity index (χ1n) is 7.60. The number of anilines is 1. The highest BCUT2D eigenvalue weighted by molar-refractivity contribution is 6.03. The van der Waals surface area contributed by atoms with Crippen LogP contribution in [0.4, 0.5) is 5.69 Å². The monoisotopic (exact) mass is 331 g/mol. The molecule has 0 aliphatic heterocycles. The Balaban J connectivity index is 2.16. The van der Waals surface area contributed by atoms with E-state index in [0.717, 1.165) is 4.57 Å². The second-order valence-electron chi connectivity index (χ2n) is 5.98. The maximum atomic E-state index is 12.3. The van der Waals surface area contributed by atoms with E-state index < -0.39 is 17.2 Å². The van der Waals surface area contributed by atoms with Gasteiger partial charge in [0.2, 0.25) is 0 Å². The number of carbonyl (C=O) groups is 1. The van der Waals surface area contributed by atoms with E-state index in [9.17, 15) is 14.4 Å². The number of nitrogens with one attached hydrogen (secondary N) is 1. The Kier molecular flexibility index (Phi) is 5.23. The number of nitrogens with zero attached hydrogens (tertiary/aromatic N) is 2. The first-order chi connectivity index (χ1) is 11.3. The van der Waals surface area contributed by atoms with Crippen LogP contribution in [0, 0.1) is 5.92 Å². The summed E-state index contributed by atoms with van der Waals surface area (Å²) in [7, 11) is 2.82. The van der Waals surface area contributed by atoms with E-state index in [-0.39, 0.29) is 5.56 Å². The van der Waals surface area contributed by atoms with E-state index >= 15 is 0 Å². The van der Waals surface area contributed by atoms with Gasteiger partial charge in [-0.2, -0.15) is 0 Å². The van der Waals surface area contributed by atoms with Gasteiger partial charge in [-0.15, -0.1) is 0 Å². The number of aryl methyl sites for hydroxylation is 1. The van der Waals surface area contributed by atoms with E-state index in [0.29, 0.717) is 24.0 Å². The molecule has 1 heterocycles. The third kappa shape index (κ3) is 3.92. The minimum atomic E-state index is -0.632. The number of amides is 1. The quantitative estimate of drug-likeness (QED) is 0.897. The van der Waals surface area contributed by atoms with Crippen molar-refractivity contribution >= 4 is 11.6 Å². The molecule has 7 nitrogen and oxygen atoms in total. The SMILES string of the molecule is CC(C)COc1ccc(NC(=O)c2cn(C)c(=O)n(C)c2=O)cc1. The lowest BCUT2D eigenvalue weighted by molar-refractivity contribution is 0.102. The third-order valence-electron chi connectivity index (χ3n) is 3.39. The summed E-state index contributed by atoms with van der Waals surface area (Å²) in [4.78, 5) is 36.0. The van der Waals surface area contributed by atoms with Crippen LogP contribution in [0.5, 0.6) is 5.75 Å². The molecule has 0 saturated heterocycles. The van der Waals surface area contributed by atoms with Gasteiger partial charge in [0.1, 0.15) is 11.3 Å². The van der Waals surface area contributed by atoms with Gasteiger partial charge in [0, 0.05) is 26.0 Å². The van der Waals surface area contributed by atoms with Crippen LogP contribution in [-0.4, -0.2) is 21.6 Å². The predicted octanol–water partition coefficient (Wildman–Crippen LogP) is 1.37. The van der Waals surface area contributed by atoms with Crippen LogP contribution in [0.3, 0.4) is 0 Å². The molecule has 0 bridgehead atoms. The predicted molar refractivity (Wildman–Crippen MR) is 91.7 cm³/mol. The van der Waals surface area contributed by atoms with Crippen molar-refractivity contribution in [3.05, 3.63) is 56.9 Å². The highest BCUT2D eigenvalue weighted by Crippen LogP contribution is 2.16. The van der Waals surface area contributed by atoms with E-state index in [1.165, 1.54) is 24.9 Å². The van der Waals surface area contributed by atoms with Crippen molar-refractivity contribution in [1.29, 1.82) is 0 Å². The van der Waals surface area contributed by atoms with Gasteiger partial charge in [-0.05, 0) is 30.2 Å². The van der Waals surface area contributed by atoms with Crippen molar-refractivity contribution in [2.75, 3.05) is 11.9 Å². The zero-order valence-corrected chi connectivity index (χ0v) is 14.2. The molecule has 24 heavy (non-hydrogen) atoms. The summed E-state index contributed by atoms with van der Waals surface area (Å²) in [6.07, 6.45) is 1.24. The Bertz CT molecular complexity index is 848. The summed E-state index contributed by atoms with van der Waals surface area (Å²) < 4.78 is 7.67. The summed E-state index contributed by atoms with van der Waals surface area (Å²) in [5.74, 6) is 0.562. The topological polar surface area (TPSA) is 82.3 Å². The highest BCUT2D eigenvalue weighted by Gasteiger charge is 2.14. The largest absolute Gasteiger partial charge is 0.493 e. The average Bonchev–Trinajstić information content (AvgIpc) is 2.55.